The summed E-state index contributed by atoms with van der Waals surface area (Å²) in [6, 6.07) is 8.41. The minimum atomic E-state index is -3.25. The van der Waals surface area contributed by atoms with E-state index in [4.69, 9.17) is 14.5 Å². The molecule has 0 aliphatic carbocycles. The number of benzene rings is 1. The first-order valence-electron chi connectivity index (χ1n) is 6.75. The predicted octanol–water partition coefficient (Wildman–Crippen LogP) is 5.60. The number of rotatable bonds is 5. The molecule has 0 N–H and O–H groups in total. The zero-order valence-electron chi connectivity index (χ0n) is 12.6. The van der Waals surface area contributed by atoms with Gasteiger partial charge in [0.15, 0.2) is 0 Å². The molecule has 1 aromatic rings. The number of ether oxygens (including phenoxy) is 2. The summed E-state index contributed by atoms with van der Waals surface area (Å²) in [7, 11) is 14.9. The van der Waals surface area contributed by atoms with Crippen molar-refractivity contribution >= 4 is 67.1 Å². The zero-order valence-corrected chi connectivity index (χ0v) is 17.6. The molecule has 3 nitrogen and oxygen atoms in total. The molecule has 2 aliphatic rings. The van der Waals surface area contributed by atoms with Gasteiger partial charge < -0.3 is 9.47 Å². The summed E-state index contributed by atoms with van der Waals surface area (Å²) in [5, 5.41) is 0. The van der Waals surface area contributed by atoms with Gasteiger partial charge in [0.2, 0.25) is 5.62 Å². The van der Waals surface area contributed by atoms with E-state index in [1.165, 1.54) is 4.90 Å². The number of fused-ring (bicyclic) bond motifs is 2. The second-order valence-corrected chi connectivity index (χ2v) is 24.2. The standard InChI is InChI=1S/C13H18NO2S5Si/c1-4-12(22)21(13(15-2)16-3,19-17-18-20-21)9-14-10-7-5-6-8-11(10)21/h5-9,12-13H,4H2,1-3H3. The Kier molecular flexibility index (Phi) is 4.52. The Morgan fingerprint density at radius 3 is 2.41 bits per heavy atom. The highest BCUT2D eigenvalue weighted by Gasteiger charge is 2.77. The van der Waals surface area contributed by atoms with Crippen molar-refractivity contribution in [3.8, 4) is 0 Å². The molecule has 1 saturated heterocycles. The number of hydrogen-bond donors (Lipinski definition) is 0. The van der Waals surface area contributed by atoms with E-state index in [1.54, 1.807) is 33.9 Å². The SMILES string of the molecule is CCC([Si])S12(C(OC)OC)(C=Nc3ccccc31)SSSS2. The van der Waals surface area contributed by atoms with Crippen LogP contribution in [0.4, 0.5) is 5.69 Å². The topological polar surface area (TPSA) is 30.8 Å². The molecule has 0 bridgehead atoms. The molecule has 9 heteroatoms. The van der Waals surface area contributed by atoms with Gasteiger partial charge in [-0.1, -0.05) is 25.4 Å². The molecule has 2 aliphatic heterocycles. The average Bonchev–Trinajstić information content (AvgIpc) is 3.12. The van der Waals surface area contributed by atoms with E-state index < -0.39 is 6.36 Å². The van der Waals surface area contributed by atoms with Gasteiger partial charge in [-0.3, -0.25) is 0 Å². The van der Waals surface area contributed by atoms with Crippen LogP contribution in [0.2, 0.25) is 0 Å². The molecule has 22 heavy (non-hydrogen) atoms. The van der Waals surface area contributed by atoms with Gasteiger partial charge in [-0.15, -0.1) is 0 Å². The van der Waals surface area contributed by atoms with Crippen molar-refractivity contribution in [3.63, 3.8) is 0 Å². The molecule has 121 valence electrons. The molecule has 2 heterocycles. The summed E-state index contributed by atoms with van der Waals surface area (Å²) in [4.78, 5) is 6.28. The smallest absolute Gasteiger partial charge is 0.202 e. The fourth-order valence-electron chi connectivity index (χ4n) is 3.19. The van der Waals surface area contributed by atoms with Crippen LogP contribution in [0.25, 0.3) is 0 Å². The molecule has 3 rings (SSSR count). The van der Waals surface area contributed by atoms with Gasteiger partial charge >= 0.3 is 0 Å². The largest absolute Gasteiger partial charge is 0.347 e. The lowest BCUT2D eigenvalue weighted by Crippen LogP contribution is -2.49. The van der Waals surface area contributed by atoms with E-state index >= 15 is 0 Å². The summed E-state index contributed by atoms with van der Waals surface area (Å²) in [6.07, 6.45) is -2.29. The zero-order chi connectivity index (χ0) is 15.9. The molecule has 3 radical (unpaired) electrons. The Labute approximate surface area is 148 Å². The first kappa shape index (κ1) is 17.6. The highest BCUT2D eigenvalue weighted by Crippen LogP contribution is 3.19. The number of aliphatic imine (C=N–C) groups is 1. The average molecular weight is 409 g/mol. The summed E-state index contributed by atoms with van der Waals surface area (Å²) < 4.78 is 11.9. The summed E-state index contributed by atoms with van der Waals surface area (Å²) in [5.41, 5.74) is 2.83. The molecule has 1 unspecified atom stereocenters. The number of hydrogen-bond acceptors (Lipinski definition) is 7. The van der Waals surface area contributed by atoms with Crippen molar-refractivity contribution in [2.45, 2.75) is 28.7 Å². The third-order valence-corrected chi connectivity index (χ3v) is 35.7. The minimum Gasteiger partial charge on any atom is -0.347 e. The van der Waals surface area contributed by atoms with Crippen molar-refractivity contribution in [1.82, 2.24) is 0 Å². The van der Waals surface area contributed by atoms with E-state index in [0.29, 0.717) is 0 Å². The fourth-order valence-corrected chi connectivity index (χ4v) is 44.0. The van der Waals surface area contributed by atoms with Crippen molar-refractivity contribution < 1.29 is 9.47 Å². The fraction of sp³-hybridized carbons (Fsp3) is 0.462. The van der Waals surface area contributed by atoms with Crippen LogP contribution in [0.1, 0.15) is 13.3 Å². The van der Waals surface area contributed by atoms with Crippen LogP contribution in [-0.4, -0.2) is 40.5 Å². The van der Waals surface area contributed by atoms with Gasteiger partial charge in [-0.05, 0) is 62.7 Å². The molecule has 1 atom stereocenters. The van der Waals surface area contributed by atoms with E-state index in [0.717, 1.165) is 12.1 Å². The van der Waals surface area contributed by atoms with E-state index in [1.807, 2.05) is 25.7 Å². The normalized spacial score (nSPS) is 27.9. The van der Waals surface area contributed by atoms with Crippen molar-refractivity contribution in [2.75, 3.05) is 14.2 Å². The minimum absolute atomic E-state index is 0.190. The van der Waals surface area contributed by atoms with E-state index in [9.17, 15) is 0 Å². The highest BCUT2D eigenvalue weighted by molar-refractivity contribution is 9.77. The van der Waals surface area contributed by atoms with Crippen LogP contribution in [0.5, 0.6) is 0 Å². The first-order chi connectivity index (χ1) is 10.6. The lowest BCUT2D eigenvalue weighted by Gasteiger charge is -2.74. The van der Waals surface area contributed by atoms with E-state index in [2.05, 4.69) is 40.9 Å². The Hall–Kier alpha value is 0.777. The molecule has 1 spiro atoms. The Morgan fingerprint density at radius 2 is 1.82 bits per heavy atom. The number of para-hydroxylation sites is 1. The molecule has 0 aromatic heterocycles. The van der Waals surface area contributed by atoms with Crippen LogP contribution in [0.15, 0.2) is 34.2 Å². The molecule has 1 fully saturated rings. The van der Waals surface area contributed by atoms with Gasteiger partial charge in [-0.2, -0.15) is 0 Å². The van der Waals surface area contributed by atoms with Crippen LogP contribution >= 0.6 is 45.7 Å². The third kappa shape index (κ3) is 1.72. The van der Waals surface area contributed by atoms with Crippen molar-refractivity contribution in [2.24, 2.45) is 4.99 Å². The quantitative estimate of drug-likeness (QED) is 0.358. The van der Waals surface area contributed by atoms with Gasteiger partial charge in [0.05, 0.1) is 11.2 Å². The highest BCUT2D eigenvalue weighted by atomic mass is 34.1. The van der Waals surface area contributed by atoms with Crippen LogP contribution < -0.4 is 0 Å². The van der Waals surface area contributed by atoms with Crippen LogP contribution in [0, 0.1) is 0 Å². The second-order valence-electron chi connectivity index (χ2n) is 5.21. The second kappa shape index (κ2) is 5.65. The Bertz CT molecular complexity index is 633. The summed E-state index contributed by atoms with van der Waals surface area (Å²) in [5.74, 6) is 0. The number of methoxy groups -OCH3 is 2. The first-order valence-corrected chi connectivity index (χ1v) is 15.8. The maximum Gasteiger partial charge on any atom is 0.202 e. The summed E-state index contributed by atoms with van der Waals surface area (Å²) >= 11 is 0. The molecular weight excluding hydrogens is 391 g/mol. The Balaban J connectivity index is 2.46. The van der Waals surface area contributed by atoms with E-state index in [-0.39, 0.29) is 10.5 Å². The molecular formula is C13H18NO2S5Si. The molecule has 0 saturated carbocycles. The van der Waals surface area contributed by atoms with Gasteiger partial charge in [0.1, 0.15) is 0 Å². The molecule has 0 amide bonds. The molecule has 1 aromatic carbocycles. The maximum absolute atomic E-state index is 5.93. The Morgan fingerprint density at radius 1 is 1.18 bits per heavy atom. The van der Waals surface area contributed by atoms with Gasteiger partial charge in [0.25, 0.3) is 0 Å². The van der Waals surface area contributed by atoms with Crippen LogP contribution in [0.3, 0.4) is 0 Å². The van der Waals surface area contributed by atoms with Gasteiger partial charge in [-0.25, -0.2) is 4.99 Å². The third-order valence-electron chi connectivity index (χ3n) is 4.25. The van der Waals surface area contributed by atoms with Gasteiger partial charge in [0, 0.05) is 29.4 Å². The monoisotopic (exact) mass is 408 g/mol. The lowest BCUT2D eigenvalue weighted by atomic mass is 10.3. The number of nitrogens with zero attached hydrogens (tertiary/aromatic N) is 1. The predicted molar refractivity (Wildman–Crippen MR) is 108 cm³/mol. The van der Waals surface area contributed by atoms with Crippen molar-refractivity contribution in [1.29, 1.82) is 0 Å². The maximum atomic E-state index is 5.93. The summed E-state index contributed by atoms with van der Waals surface area (Å²) in [6.45, 7) is 2.20. The van der Waals surface area contributed by atoms with Crippen molar-refractivity contribution in [3.05, 3.63) is 24.3 Å². The lowest BCUT2D eigenvalue weighted by molar-refractivity contribution is -0.0385. The van der Waals surface area contributed by atoms with Crippen LogP contribution in [-0.2, 0) is 9.47 Å².